The predicted octanol–water partition coefficient (Wildman–Crippen LogP) is 1.37. The van der Waals surface area contributed by atoms with Gasteiger partial charge in [0.2, 0.25) is 11.8 Å². The fourth-order valence-electron chi connectivity index (χ4n) is 3.15. The third kappa shape index (κ3) is 2.17. The summed E-state index contributed by atoms with van der Waals surface area (Å²) in [7, 11) is 0. The number of rotatable bonds is 2. The van der Waals surface area contributed by atoms with Gasteiger partial charge in [-0.3, -0.25) is 14.6 Å². The van der Waals surface area contributed by atoms with E-state index in [1.807, 2.05) is 30.0 Å². The molecule has 2 unspecified atom stereocenters. The quantitative estimate of drug-likeness (QED) is 0.817. The molecule has 0 spiro atoms. The summed E-state index contributed by atoms with van der Waals surface area (Å²) in [5.74, 6) is 0.183. The number of carbonyl (C=O) groups excluding carboxylic acids is 2. The van der Waals surface area contributed by atoms with Gasteiger partial charge in [-0.25, -0.2) is 0 Å². The van der Waals surface area contributed by atoms with Crippen molar-refractivity contribution < 1.29 is 9.59 Å². The molecule has 2 amide bonds. The summed E-state index contributed by atoms with van der Waals surface area (Å²) in [6.07, 6.45) is 3.87. The molecule has 2 atom stereocenters. The fraction of sp³-hybridized carbons (Fsp3) is 0.533. The number of carbonyl (C=O) groups is 2. The minimum Gasteiger partial charge on any atom is -0.332 e. The van der Waals surface area contributed by atoms with Crippen LogP contribution in [0.3, 0.4) is 0 Å². The molecular weight excluding hydrogens is 254 g/mol. The number of hydrogen-bond acceptors (Lipinski definition) is 3. The fourth-order valence-corrected chi connectivity index (χ4v) is 3.15. The Balaban J connectivity index is 1.86. The molecule has 0 aromatic carbocycles. The number of nitrogens with zero attached hydrogens (tertiary/aromatic N) is 3. The Hall–Kier alpha value is -1.91. The Morgan fingerprint density at radius 1 is 1.30 bits per heavy atom. The van der Waals surface area contributed by atoms with Crippen molar-refractivity contribution in [1.82, 2.24) is 14.8 Å². The van der Waals surface area contributed by atoms with Gasteiger partial charge in [-0.15, -0.1) is 0 Å². The van der Waals surface area contributed by atoms with E-state index in [2.05, 4.69) is 4.98 Å². The summed E-state index contributed by atoms with van der Waals surface area (Å²) < 4.78 is 0. The van der Waals surface area contributed by atoms with Crippen LogP contribution >= 0.6 is 0 Å². The summed E-state index contributed by atoms with van der Waals surface area (Å²) in [4.78, 5) is 32.7. The first-order chi connectivity index (χ1) is 9.68. The average molecular weight is 273 g/mol. The average Bonchev–Trinajstić information content (AvgIpc) is 2.93. The Morgan fingerprint density at radius 2 is 2.15 bits per heavy atom. The molecule has 0 aliphatic carbocycles. The van der Waals surface area contributed by atoms with Crippen molar-refractivity contribution in [3.63, 3.8) is 0 Å². The van der Waals surface area contributed by atoms with Crippen molar-refractivity contribution in [2.75, 3.05) is 13.1 Å². The molecule has 5 nitrogen and oxygen atoms in total. The highest BCUT2D eigenvalue weighted by Gasteiger charge is 2.40. The van der Waals surface area contributed by atoms with Gasteiger partial charge in [-0.1, -0.05) is 6.07 Å². The summed E-state index contributed by atoms with van der Waals surface area (Å²) in [6.45, 7) is 3.19. The number of hydrogen-bond donors (Lipinski definition) is 0. The summed E-state index contributed by atoms with van der Waals surface area (Å²) in [5.41, 5.74) is 0.875. The van der Waals surface area contributed by atoms with Crippen molar-refractivity contribution in [3.05, 3.63) is 30.1 Å². The Labute approximate surface area is 118 Å². The molecule has 1 aromatic rings. The van der Waals surface area contributed by atoms with Crippen LogP contribution in [0.4, 0.5) is 0 Å². The van der Waals surface area contributed by atoms with E-state index in [0.29, 0.717) is 13.0 Å². The molecule has 0 bridgehead atoms. The molecular formula is C15H19N3O2. The Morgan fingerprint density at radius 3 is 2.90 bits per heavy atom. The maximum Gasteiger partial charge on any atom is 0.245 e. The SMILES string of the molecule is CC(c1ccccn1)N1CCC(=O)N2CCCC2C1=O. The minimum absolute atomic E-state index is 0.0755. The summed E-state index contributed by atoms with van der Waals surface area (Å²) in [5, 5.41) is 0. The highest BCUT2D eigenvalue weighted by Crippen LogP contribution is 2.28. The molecule has 3 heterocycles. The van der Waals surface area contributed by atoms with E-state index in [1.54, 1.807) is 11.1 Å². The van der Waals surface area contributed by atoms with Crippen molar-refractivity contribution >= 4 is 11.8 Å². The maximum atomic E-state index is 12.7. The van der Waals surface area contributed by atoms with Crippen molar-refractivity contribution in [1.29, 1.82) is 0 Å². The smallest absolute Gasteiger partial charge is 0.245 e. The highest BCUT2D eigenvalue weighted by molar-refractivity contribution is 5.90. The van der Waals surface area contributed by atoms with Gasteiger partial charge < -0.3 is 9.80 Å². The van der Waals surface area contributed by atoms with Gasteiger partial charge >= 0.3 is 0 Å². The molecule has 3 rings (SSSR count). The summed E-state index contributed by atoms with van der Waals surface area (Å²) >= 11 is 0. The predicted molar refractivity (Wildman–Crippen MR) is 73.7 cm³/mol. The van der Waals surface area contributed by atoms with Gasteiger partial charge in [-0.05, 0) is 31.9 Å². The van der Waals surface area contributed by atoms with Crippen LogP contribution in [0.25, 0.3) is 0 Å². The van der Waals surface area contributed by atoms with Crippen LogP contribution in [0.2, 0.25) is 0 Å². The maximum absolute atomic E-state index is 12.7. The number of pyridine rings is 1. The second-order valence-electron chi connectivity index (χ2n) is 5.46. The van der Waals surface area contributed by atoms with Crippen molar-refractivity contribution in [2.45, 2.75) is 38.3 Å². The number of aromatic nitrogens is 1. The minimum atomic E-state index is -0.254. The second-order valence-corrected chi connectivity index (χ2v) is 5.46. The third-order valence-corrected chi connectivity index (χ3v) is 4.29. The Bertz CT molecular complexity index is 517. The lowest BCUT2D eigenvalue weighted by Crippen LogP contribution is -2.44. The van der Waals surface area contributed by atoms with E-state index in [4.69, 9.17) is 0 Å². The first-order valence-corrected chi connectivity index (χ1v) is 7.19. The van der Waals surface area contributed by atoms with E-state index in [0.717, 1.165) is 25.1 Å². The molecule has 2 fully saturated rings. The third-order valence-electron chi connectivity index (χ3n) is 4.29. The molecule has 2 saturated heterocycles. The van der Waals surface area contributed by atoms with Crippen LogP contribution in [0, 0.1) is 0 Å². The standard InChI is InChI=1S/C15H19N3O2/c1-11(12-5-2-3-8-16-12)17-10-7-14(19)18-9-4-6-13(18)15(17)20/h2-3,5,8,11,13H,4,6-7,9-10H2,1H3. The number of fused-ring (bicyclic) bond motifs is 1. The molecule has 20 heavy (non-hydrogen) atoms. The number of amides is 2. The van der Waals surface area contributed by atoms with Gasteiger partial charge in [0.05, 0.1) is 11.7 Å². The monoisotopic (exact) mass is 273 g/mol. The Kier molecular flexibility index (Phi) is 3.42. The van der Waals surface area contributed by atoms with E-state index >= 15 is 0 Å². The van der Waals surface area contributed by atoms with E-state index in [1.165, 1.54) is 0 Å². The van der Waals surface area contributed by atoms with Gasteiger partial charge in [0.25, 0.3) is 0 Å². The molecule has 0 saturated carbocycles. The van der Waals surface area contributed by atoms with Crippen LogP contribution in [0.5, 0.6) is 0 Å². The zero-order chi connectivity index (χ0) is 14.1. The van der Waals surface area contributed by atoms with Crippen molar-refractivity contribution in [3.8, 4) is 0 Å². The molecule has 5 heteroatoms. The largest absolute Gasteiger partial charge is 0.332 e. The van der Waals surface area contributed by atoms with Crippen LogP contribution in [-0.2, 0) is 9.59 Å². The van der Waals surface area contributed by atoms with E-state index in [-0.39, 0.29) is 23.9 Å². The molecule has 106 valence electrons. The van der Waals surface area contributed by atoms with Crippen LogP contribution < -0.4 is 0 Å². The zero-order valence-electron chi connectivity index (χ0n) is 11.7. The van der Waals surface area contributed by atoms with Gasteiger partial charge in [0, 0.05) is 25.7 Å². The normalized spacial score (nSPS) is 24.6. The van der Waals surface area contributed by atoms with Crippen LogP contribution in [-0.4, -0.2) is 45.7 Å². The van der Waals surface area contributed by atoms with Gasteiger partial charge in [0.1, 0.15) is 6.04 Å². The zero-order valence-corrected chi connectivity index (χ0v) is 11.7. The first kappa shape index (κ1) is 13.1. The van der Waals surface area contributed by atoms with Crippen LogP contribution in [0.15, 0.2) is 24.4 Å². The lowest BCUT2D eigenvalue weighted by molar-refractivity contribution is -0.140. The van der Waals surface area contributed by atoms with Crippen LogP contribution in [0.1, 0.15) is 37.9 Å². The van der Waals surface area contributed by atoms with Crippen molar-refractivity contribution in [2.24, 2.45) is 0 Å². The molecule has 0 N–H and O–H groups in total. The van der Waals surface area contributed by atoms with Gasteiger partial charge in [-0.2, -0.15) is 0 Å². The highest BCUT2D eigenvalue weighted by atomic mass is 16.2. The molecule has 2 aliphatic rings. The van der Waals surface area contributed by atoms with E-state index < -0.39 is 0 Å². The lowest BCUT2D eigenvalue weighted by Gasteiger charge is -2.30. The van der Waals surface area contributed by atoms with E-state index in [9.17, 15) is 9.59 Å². The summed E-state index contributed by atoms with van der Waals surface area (Å²) in [6, 6.07) is 5.38. The van der Waals surface area contributed by atoms with Gasteiger partial charge in [0.15, 0.2) is 0 Å². The molecule has 0 radical (unpaired) electrons. The molecule has 2 aliphatic heterocycles. The topological polar surface area (TPSA) is 53.5 Å². The molecule has 1 aromatic heterocycles. The first-order valence-electron chi connectivity index (χ1n) is 7.19. The lowest BCUT2D eigenvalue weighted by atomic mass is 10.1. The second kappa shape index (κ2) is 5.23.